The van der Waals surface area contributed by atoms with E-state index in [0.29, 0.717) is 5.69 Å². The van der Waals surface area contributed by atoms with Gasteiger partial charge in [-0.05, 0) is 55.5 Å². The normalized spacial score (nSPS) is 24.7. The van der Waals surface area contributed by atoms with E-state index in [2.05, 4.69) is 6.08 Å². The van der Waals surface area contributed by atoms with Gasteiger partial charge in [0, 0.05) is 17.7 Å². The van der Waals surface area contributed by atoms with Crippen LogP contribution in [0.5, 0.6) is 0 Å². The maximum atomic E-state index is 13.1. The molecule has 9 heteroatoms. The van der Waals surface area contributed by atoms with E-state index in [1.165, 1.54) is 41.3 Å². The molecule has 9 nitrogen and oxygen atoms in total. The number of carbonyl (C=O) groups is 4. The Hall–Kier alpha value is -4.14. The summed E-state index contributed by atoms with van der Waals surface area (Å²) in [5.41, 5.74) is 1.58. The van der Waals surface area contributed by atoms with Crippen molar-refractivity contribution in [1.82, 2.24) is 0 Å². The Morgan fingerprint density at radius 2 is 1.76 bits per heavy atom. The van der Waals surface area contributed by atoms with Crippen molar-refractivity contribution < 1.29 is 28.8 Å². The van der Waals surface area contributed by atoms with E-state index in [9.17, 15) is 29.3 Å². The summed E-state index contributed by atoms with van der Waals surface area (Å²) in [6, 6.07) is 11.0. The maximum Gasteiger partial charge on any atom is 0.338 e. The highest BCUT2D eigenvalue weighted by Gasteiger charge is 2.60. The van der Waals surface area contributed by atoms with Crippen molar-refractivity contribution >= 4 is 34.9 Å². The number of ether oxygens (including phenoxy) is 1. The number of nitrogens with zero attached hydrogens (tertiary/aromatic N) is 2. The minimum absolute atomic E-state index is 0.0787. The third kappa shape index (κ3) is 3.40. The first-order valence-electron chi connectivity index (χ1n) is 10.9. The van der Waals surface area contributed by atoms with Crippen LogP contribution in [-0.4, -0.2) is 35.1 Å². The number of nitro benzene ring substituents is 1. The number of ketones is 1. The number of imide groups is 1. The number of nitro groups is 1. The molecule has 172 valence electrons. The first kappa shape index (κ1) is 21.7. The standard InChI is InChI=1S/C25H20N2O7/c1-13-9-16-11-19(13)22-21(16)23(29)26(24(22)30)18-4-2-3-15(10-18)25(31)34-12-20(28)14-5-7-17(8-6-14)27(32)33/h2-10,16,19,21-22H,11-12H2,1H3/t16-,19+,21+,22-/m0/s1. The molecule has 1 heterocycles. The predicted molar refractivity (Wildman–Crippen MR) is 119 cm³/mol. The average Bonchev–Trinajstić information content (AvgIpc) is 3.47. The average molecular weight is 460 g/mol. The number of allylic oxidation sites excluding steroid dienone is 2. The van der Waals surface area contributed by atoms with Gasteiger partial charge < -0.3 is 4.74 Å². The topological polar surface area (TPSA) is 124 Å². The van der Waals surface area contributed by atoms with Crippen molar-refractivity contribution in [3.63, 3.8) is 0 Å². The van der Waals surface area contributed by atoms with Crippen LogP contribution < -0.4 is 4.90 Å². The van der Waals surface area contributed by atoms with Crippen LogP contribution in [-0.2, 0) is 14.3 Å². The molecule has 4 atom stereocenters. The molecule has 0 unspecified atom stereocenters. The quantitative estimate of drug-likeness (QED) is 0.162. The number of rotatable bonds is 6. The van der Waals surface area contributed by atoms with Gasteiger partial charge in [0.05, 0.1) is 28.0 Å². The second kappa shape index (κ2) is 8.02. The van der Waals surface area contributed by atoms with Crippen LogP contribution >= 0.6 is 0 Å². The van der Waals surface area contributed by atoms with Gasteiger partial charge in [-0.1, -0.05) is 17.7 Å². The van der Waals surface area contributed by atoms with Crippen LogP contribution in [0.2, 0.25) is 0 Å². The van der Waals surface area contributed by atoms with Crippen LogP contribution in [0.4, 0.5) is 11.4 Å². The van der Waals surface area contributed by atoms with E-state index in [0.717, 1.165) is 12.0 Å². The molecule has 34 heavy (non-hydrogen) atoms. The number of hydrogen-bond donors (Lipinski definition) is 0. The zero-order valence-corrected chi connectivity index (χ0v) is 18.2. The largest absolute Gasteiger partial charge is 0.454 e. The second-order valence-corrected chi connectivity index (χ2v) is 8.83. The molecule has 3 aliphatic rings. The monoisotopic (exact) mass is 460 g/mol. The number of amides is 2. The fourth-order valence-electron chi connectivity index (χ4n) is 5.37. The van der Waals surface area contributed by atoms with Crippen LogP contribution in [0.15, 0.2) is 60.2 Å². The minimum atomic E-state index is -0.783. The fraction of sp³-hybridized carbons (Fsp3) is 0.280. The molecule has 2 bridgehead atoms. The molecule has 1 saturated carbocycles. The minimum Gasteiger partial charge on any atom is -0.454 e. The van der Waals surface area contributed by atoms with Crippen molar-refractivity contribution in [2.45, 2.75) is 13.3 Å². The summed E-state index contributed by atoms with van der Waals surface area (Å²) in [7, 11) is 0. The number of carbonyl (C=O) groups excluding carboxylic acids is 4. The lowest BCUT2D eigenvalue weighted by molar-refractivity contribution is -0.384. The Balaban J connectivity index is 1.28. The summed E-state index contributed by atoms with van der Waals surface area (Å²) in [4.78, 5) is 62.4. The first-order chi connectivity index (χ1) is 16.3. The van der Waals surface area contributed by atoms with E-state index >= 15 is 0 Å². The summed E-state index contributed by atoms with van der Waals surface area (Å²) < 4.78 is 5.11. The fourth-order valence-corrected chi connectivity index (χ4v) is 5.37. The van der Waals surface area contributed by atoms with Gasteiger partial charge >= 0.3 is 5.97 Å². The molecule has 0 N–H and O–H groups in total. The lowest BCUT2D eigenvalue weighted by Crippen LogP contribution is -2.33. The smallest absolute Gasteiger partial charge is 0.338 e. The molecule has 0 spiro atoms. The van der Waals surface area contributed by atoms with Gasteiger partial charge in [-0.2, -0.15) is 0 Å². The molecular weight excluding hydrogens is 440 g/mol. The van der Waals surface area contributed by atoms with E-state index in [-0.39, 0.29) is 52.3 Å². The van der Waals surface area contributed by atoms with Crippen molar-refractivity contribution in [2.24, 2.45) is 23.7 Å². The molecule has 1 aliphatic heterocycles. The Morgan fingerprint density at radius 3 is 2.47 bits per heavy atom. The third-order valence-electron chi connectivity index (χ3n) is 6.96. The van der Waals surface area contributed by atoms with Gasteiger partial charge in [0.25, 0.3) is 5.69 Å². The summed E-state index contributed by atoms with van der Waals surface area (Å²) in [5.74, 6) is -2.32. The van der Waals surface area contributed by atoms with Crippen molar-refractivity contribution in [2.75, 3.05) is 11.5 Å². The summed E-state index contributed by atoms with van der Waals surface area (Å²) in [6.07, 6.45) is 2.93. The van der Waals surface area contributed by atoms with Gasteiger partial charge in [-0.15, -0.1) is 0 Å². The molecule has 1 saturated heterocycles. The molecule has 0 aromatic heterocycles. The number of non-ortho nitro benzene ring substituents is 1. The highest BCUT2D eigenvalue weighted by molar-refractivity contribution is 6.23. The van der Waals surface area contributed by atoms with Crippen LogP contribution in [0.1, 0.15) is 34.1 Å². The van der Waals surface area contributed by atoms with Crippen molar-refractivity contribution in [1.29, 1.82) is 0 Å². The lowest BCUT2D eigenvalue weighted by atomic mass is 9.82. The van der Waals surface area contributed by atoms with Crippen molar-refractivity contribution in [3.05, 3.63) is 81.4 Å². The number of anilines is 1. The molecule has 2 aromatic rings. The van der Waals surface area contributed by atoms with E-state index in [1.807, 2.05) is 6.92 Å². The van der Waals surface area contributed by atoms with Gasteiger partial charge in [0.2, 0.25) is 11.8 Å². The second-order valence-electron chi connectivity index (χ2n) is 8.83. The summed E-state index contributed by atoms with van der Waals surface area (Å²) in [5, 5.41) is 10.7. The number of esters is 1. The molecule has 2 fully saturated rings. The molecule has 0 radical (unpaired) electrons. The first-order valence-corrected chi connectivity index (χ1v) is 10.9. The van der Waals surface area contributed by atoms with Crippen LogP contribution in [0.25, 0.3) is 0 Å². The highest BCUT2D eigenvalue weighted by Crippen LogP contribution is 2.55. The Labute approximate surface area is 194 Å². The SMILES string of the molecule is CC1=C[C@H]2C[C@H]1[C@@H]1C(=O)N(c3cccc(C(=O)OCC(=O)c4ccc([N+](=O)[O-])cc4)c3)C(=O)[C@@H]12. The lowest BCUT2D eigenvalue weighted by Gasteiger charge is -2.19. The Bertz CT molecular complexity index is 1280. The molecule has 2 aliphatic carbocycles. The van der Waals surface area contributed by atoms with E-state index in [1.54, 1.807) is 12.1 Å². The Morgan fingerprint density at radius 1 is 1.06 bits per heavy atom. The zero-order valence-electron chi connectivity index (χ0n) is 18.2. The Kier molecular flexibility index (Phi) is 5.11. The van der Waals surface area contributed by atoms with E-state index < -0.39 is 23.3 Å². The highest BCUT2D eigenvalue weighted by atomic mass is 16.6. The summed E-state index contributed by atoms with van der Waals surface area (Å²) in [6.45, 7) is 1.44. The maximum absolute atomic E-state index is 13.1. The van der Waals surface area contributed by atoms with Crippen LogP contribution in [0.3, 0.4) is 0 Å². The third-order valence-corrected chi connectivity index (χ3v) is 6.96. The van der Waals surface area contributed by atoms with Gasteiger partial charge in [-0.3, -0.25) is 24.5 Å². The summed E-state index contributed by atoms with van der Waals surface area (Å²) >= 11 is 0. The van der Waals surface area contributed by atoms with Crippen LogP contribution in [0, 0.1) is 33.8 Å². The molecule has 2 amide bonds. The zero-order chi connectivity index (χ0) is 24.1. The van der Waals surface area contributed by atoms with Gasteiger partial charge in [0.1, 0.15) is 0 Å². The molecule has 5 rings (SSSR count). The van der Waals surface area contributed by atoms with Gasteiger partial charge in [-0.25, -0.2) is 9.69 Å². The predicted octanol–water partition coefficient (Wildman–Crippen LogP) is 3.34. The number of benzene rings is 2. The van der Waals surface area contributed by atoms with Crippen molar-refractivity contribution in [3.8, 4) is 0 Å². The molecule has 2 aromatic carbocycles. The number of fused-ring (bicyclic) bond motifs is 5. The molecular formula is C25H20N2O7. The number of Topliss-reactive ketones (excluding diaryl/α,β-unsaturated/α-hetero) is 1. The van der Waals surface area contributed by atoms with E-state index in [4.69, 9.17) is 4.74 Å². The van der Waals surface area contributed by atoms with Gasteiger partial charge in [0.15, 0.2) is 12.4 Å². The number of hydrogen-bond acceptors (Lipinski definition) is 7.